The number of nitro groups is 1. The standard InChI is InChI=1S/C19H23FN4O2S.HI/c1-27-12-4-11-21-19(23-14-16-5-2-3-6-18(16)20)22-13-15-7-9-17(10-8-15)24(25)26;/h2-3,5-10H,4,11-14H2,1H3,(H2,21,22,23);1H. The highest BCUT2D eigenvalue weighted by Gasteiger charge is 2.05. The van der Waals surface area contributed by atoms with Crippen LogP contribution >= 0.6 is 35.7 Å². The van der Waals surface area contributed by atoms with Crippen LogP contribution in [0.15, 0.2) is 53.5 Å². The average Bonchev–Trinajstić information content (AvgIpc) is 2.68. The first kappa shape index (κ1) is 24.2. The molecule has 0 saturated heterocycles. The van der Waals surface area contributed by atoms with Crippen molar-refractivity contribution in [2.75, 3.05) is 18.6 Å². The zero-order valence-corrected chi connectivity index (χ0v) is 18.7. The lowest BCUT2D eigenvalue weighted by Crippen LogP contribution is -2.37. The smallest absolute Gasteiger partial charge is 0.269 e. The van der Waals surface area contributed by atoms with Gasteiger partial charge in [-0.05, 0) is 30.1 Å². The van der Waals surface area contributed by atoms with Crippen LogP contribution in [-0.4, -0.2) is 29.4 Å². The number of hydrogen-bond acceptors (Lipinski definition) is 4. The van der Waals surface area contributed by atoms with Gasteiger partial charge in [0.2, 0.25) is 0 Å². The summed E-state index contributed by atoms with van der Waals surface area (Å²) in [5.74, 6) is 1.36. The molecule has 0 aliphatic rings. The van der Waals surface area contributed by atoms with Crippen LogP contribution in [0, 0.1) is 15.9 Å². The van der Waals surface area contributed by atoms with Crippen LogP contribution in [0.5, 0.6) is 0 Å². The molecule has 0 amide bonds. The number of rotatable bonds is 9. The molecule has 2 N–H and O–H groups in total. The second-order valence-corrected chi connectivity index (χ2v) is 6.79. The van der Waals surface area contributed by atoms with Crippen LogP contribution in [0.3, 0.4) is 0 Å². The largest absolute Gasteiger partial charge is 0.356 e. The quantitative estimate of drug-likeness (QED) is 0.129. The molecule has 6 nitrogen and oxygen atoms in total. The lowest BCUT2D eigenvalue weighted by Gasteiger charge is -2.13. The van der Waals surface area contributed by atoms with E-state index in [1.165, 1.54) is 18.2 Å². The van der Waals surface area contributed by atoms with Gasteiger partial charge in [0.05, 0.1) is 11.5 Å². The molecule has 0 aliphatic heterocycles. The van der Waals surface area contributed by atoms with Crippen molar-refractivity contribution in [2.24, 2.45) is 4.99 Å². The molecule has 2 aromatic carbocycles. The fourth-order valence-corrected chi connectivity index (χ4v) is 2.74. The minimum Gasteiger partial charge on any atom is -0.356 e. The number of aliphatic imine (C=N–C) groups is 1. The van der Waals surface area contributed by atoms with Gasteiger partial charge in [0.25, 0.3) is 5.69 Å². The second-order valence-electron chi connectivity index (χ2n) is 5.81. The van der Waals surface area contributed by atoms with Gasteiger partial charge in [0.1, 0.15) is 5.82 Å². The number of benzene rings is 2. The molecule has 0 saturated carbocycles. The lowest BCUT2D eigenvalue weighted by atomic mass is 10.2. The number of nitrogens with one attached hydrogen (secondary N) is 2. The zero-order chi connectivity index (χ0) is 19.5. The number of nitro benzene ring substituents is 1. The Kier molecular flexibility index (Phi) is 11.5. The van der Waals surface area contributed by atoms with E-state index in [0.717, 1.165) is 24.3 Å². The van der Waals surface area contributed by atoms with Crippen LogP contribution in [0.4, 0.5) is 10.1 Å². The molecule has 0 aliphatic carbocycles. The third-order valence-electron chi connectivity index (χ3n) is 3.79. The van der Waals surface area contributed by atoms with E-state index in [4.69, 9.17) is 0 Å². The van der Waals surface area contributed by atoms with Gasteiger partial charge in [-0.15, -0.1) is 24.0 Å². The number of hydrogen-bond donors (Lipinski definition) is 2. The van der Waals surface area contributed by atoms with Crippen molar-refractivity contribution in [1.29, 1.82) is 0 Å². The molecule has 9 heteroatoms. The first-order chi connectivity index (χ1) is 13.1. The summed E-state index contributed by atoms with van der Waals surface area (Å²) in [7, 11) is 0. The summed E-state index contributed by atoms with van der Waals surface area (Å²) in [4.78, 5) is 14.8. The number of non-ortho nitro benzene ring substituents is 1. The predicted octanol–water partition coefficient (Wildman–Crippen LogP) is 4.34. The summed E-state index contributed by atoms with van der Waals surface area (Å²) in [6.45, 7) is 1.44. The molecule has 2 aromatic rings. The third-order valence-corrected chi connectivity index (χ3v) is 4.49. The van der Waals surface area contributed by atoms with E-state index in [-0.39, 0.29) is 35.5 Å². The molecule has 0 heterocycles. The number of nitrogens with zero attached hydrogens (tertiary/aromatic N) is 2. The van der Waals surface area contributed by atoms with E-state index in [2.05, 4.69) is 21.9 Å². The molecule has 0 spiro atoms. The van der Waals surface area contributed by atoms with Gasteiger partial charge in [-0.2, -0.15) is 11.8 Å². The number of guanidine groups is 1. The summed E-state index contributed by atoms with van der Waals surface area (Å²) >= 11 is 1.77. The van der Waals surface area contributed by atoms with E-state index in [0.29, 0.717) is 24.6 Å². The highest BCUT2D eigenvalue weighted by atomic mass is 127. The first-order valence-electron chi connectivity index (χ1n) is 8.58. The van der Waals surface area contributed by atoms with E-state index in [9.17, 15) is 14.5 Å². The summed E-state index contributed by atoms with van der Waals surface area (Å²) in [5, 5.41) is 17.1. The molecule has 0 unspecified atom stereocenters. The topological polar surface area (TPSA) is 79.6 Å². The Morgan fingerprint density at radius 3 is 2.54 bits per heavy atom. The maximum absolute atomic E-state index is 13.8. The van der Waals surface area contributed by atoms with Crippen LogP contribution in [-0.2, 0) is 13.1 Å². The summed E-state index contributed by atoms with van der Waals surface area (Å²) in [6.07, 6.45) is 3.04. The van der Waals surface area contributed by atoms with Gasteiger partial charge in [-0.1, -0.05) is 30.3 Å². The summed E-state index contributed by atoms with van der Waals surface area (Å²) in [6, 6.07) is 12.9. The maximum atomic E-state index is 13.8. The van der Waals surface area contributed by atoms with Crippen molar-refractivity contribution in [1.82, 2.24) is 10.6 Å². The SMILES string of the molecule is CSCCCNC(=NCc1ccc([N+](=O)[O-])cc1)NCc1ccccc1F.I. The Bertz CT molecular complexity index is 775. The molecule has 0 atom stereocenters. The van der Waals surface area contributed by atoms with Crippen LogP contribution < -0.4 is 10.6 Å². The fourth-order valence-electron chi connectivity index (χ4n) is 2.31. The average molecular weight is 518 g/mol. The molecule has 0 radical (unpaired) electrons. The van der Waals surface area contributed by atoms with E-state index in [1.54, 1.807) is 42.1 Å². The zero-order valence-electron chi connectivity index (χ0n) is 15.6. The normalized spacial score (nSPS) is 10.9. The van der Waals surface area contributed by atoms with E-state index >= 15 is 0 Å². The molecule has 0 aromatic heterocycles. The predicted molar refractivity (Wildman–Crippen MR) is 124 cm³/mol. The van der Waals surface area contributed by atoms with Crippen LogP contribution in [0.1, 0.15) is 17.5 Å². The van der Waals surface area contributed by atoms with Crippen molar-refractivity contribution in [3.63, 3.8) is 0 Å². The molecule has 0 fully saturated rings. The third kappa shape index (κ3) is 8.42. The van der Waals surface area contributed by atoms with Crippen molar-refractivity contribution >= 4 is 47.4 Å². The van der Waals surface area contributed by atoms with E-state index in [1.807, 2.05) is 0 Å². The van der Waals surface area contributed by atoms with Gasteiger partial charge in [-0.25, -0.2) is 9.38 Å². The van der Waals surface area contributed by atoms with Crippen molar-refractivity contribution in [3.8, 4) is 0 Å². The Morgan fingerprint density at radius 2 is 1.89 bits per heavy atom. The van der Waals surface area contributed by atoms with Crippen LogP contribution in [0.2, 0.25) is 0 Å². The van der Waals surface area contributed by atoms with Gasteiger partial charge in [0, 0.05) is 30.8 Å². The van der Waals surface area contributed by atoms with Gasteiger partial charge >= 0.3 is 0 Å². The fraction of sp³-hybridized carbons (Fsp3) is 0.316. The van der Waals surface area contributed by atoms with Gasteiger partial charge in [-0.3, -0.25) is 10.1 Å². The van der Waals surface area contributed by atoms with Gasteiger partial charge < -0.3 is 10.6 Å². The number of thioether (sulfide) groups is 1. The monoisotopic (exact) mass is 518 g/mol. The second kappa shape index (κ2) is 13.3. The summed E-state index contributed by atoms with van der Waals surface area (Å²) in [5.41, 5.74) is 1.47. The van der Waals surface area contributed by atoms with Gasteiger partial charge in [0.15, 0.2) is 5.96 Å². The number of halogens is 2. The summed E-state index contributed by atoms with van der Waals surface area (Å²) < 4.78 is 13.8. The van der Waals surface area contributed by atoms with E-state index < -0.39 is 4.92 Å². The molecular weight excluding hydrogens is 494 g/mol. The lowest BCUT2D eigenvalue weighted by molar-refractivity contribution is -0.384. The van der Waals surface area contributed by atoms with Crippen molar-refractivity contribution in [3.05, 3.63) is 75.6 Å². The molecule has 28 heavy (non-hydrogen) atoms. The maximum Gasteiger partial charge on any atom is 0.269 e. The molecule has 152 valence electrons. The van der Waals surface area contributed by atoms with Crippen LogP contribution in [0.25, 0.3) is 0 Å². The minimum atomic E-state index is -0.429. The first-order valence-corrected chi connectivity index (χ1v) is 9.97. The Morgan fingerprint density at radius 1 is 1.18 bits per heavy atom. The Labute approximate surface area is 185 Å². The Hall–Kier alpha value is -1.88. The molecule has 0 bridgehead atoms. The van der Waals surface area contributed by atoms with Crippen molar-refractivity contribution < 1.29 is 9.31 Å². The highest BCUT2D eigenvalue weighted by Crippen LogP contribution is 2.12. The molecule has 2 rings (SSSR count). The van der Waals surface area contributed by atoms with Crippen molar-refractivity contribution in [2.45, 2.75) is 19.5 Å². The Balaban J connectivity index is 0.00000392. The highest BCUT2D eigenvalue weighted by molar-refractivity contribution is 14.0. The molecular formula is C19H24FIN4O2S. The minimum absolute atomic E-state index is 0.